The molecule has 2 aliphatic rings. The Labute approximate surface area is 141 Å². The van der Waals surface area contributed by atoms with Crippen molar-refractivity contribution in [3.05, 3.63) is 84.2 Å². The third kappa shape index (κ3) is 2.60. The minimum Gasteiger partial charge on any atom is -0.490 e. The summed E-state index contributed by atoms with van der Waals surface area (Å²) in [5.74, 6) is 1.37. The molecule has 1 heterocycles. The van der Waals surface area contributed by atoms with Gasteiger partial charge in [0.05, 0.1) is 6.04 Å². The lowest BCUT2D eigenvalue weighted by molar-refractivity contribution is 0.362. The van der Waals surface area contributed by atoms with Crippen LogP contribution in [0.5, 0.6) is 5.75 Å². The van der Waals surface area contributed by atoms with Crippen LogP contribution >= 0.6 is 0 Å². The van der Waals surface area contributed by atoms with Gasteiger partial charge in [-0.25, -0.2) is 4.39 Å². The number of fused-ring (bicyclic) bond motifs is 3. The Balaban J connectivity index is 1.64. The van der Waals surface area contributed by atoms with Crippen molar-refractivity contribution in [3.8, 4) is 5.75 Å². The largest absolute Gasteiger partial charge is 0.490 e. The van der Waals surface area contributed by atoms with Gasteiger partial charge >= 0.3 is 0 Å². The molecule has 0 radical (unpaired) electrons. The van der Waals surface area contributed by atoms with Crippen LogP contribution in [-0.2, 0) is 0 Å². The number of hydrogen-bond acceptors (Lipinski definition) is 2. The normalized spacial score (nSPS) is 24.0. The highest BCUT2D eigenvalue weighted by Crippen LogP contribution is 2.49. The molecule has 0 saturated carbocycles. The van der Waals surface area contributed by atoms with Crippen LogP contribution in [0.3, 0.4) is 0 Å². The van der Waals surface area contributed by atoms with Crippen LogP contribution in [0.4, 0.5) is 10.1 Å². The second kappa shape index (κ2) is 6.16. The monoisotopic (exact) mass is 321 g/mol. The molecule has 0 spiro atoms. The van der Waals surface area contributed by atoms with Gasteiger partial charge in [-0.05, 0) is 53.8 Å². The van der Waals surface area contributed by atoms with Crippen LogP contribution < -0.4 is 10.1 Å². The molecule has 3 atom stereocenters. The average molecular weight is 321 g/mol. The van der Waals surface area contributed by atoms with Crippen molar-refractivity contribution >= 4 is 5.69 Å². The van der Waals surface area contributed by atoms with Gasteiger partial charge in [0.1, 0.15) is 18.2 Å². The van der Waals surface area contributed by atoms with Gasteiger partial charge in [-0.2, -0.15) is 0 Å². The Morgan fingerprint density at radius 3 is 2.83 bits per heavy atom. The van der Waals surface area contributed by atoms with Gasteiger partial charge in [-0.15, -0.1) is 0 Å². The van der Waals surface area contributed by atoms with E-state index in [9.17, 15) is 4.39 Å². The SMILES string of the molecule is C=CCOc1ccc([C@@H]2Nc3ccc(F)cc3[C@@H]3C=CC[C@@H]32)cc1. The van der Waals surface area contributed by atoms with Gasteiger partial charge in [0.2, 0.25) is 0 Å². The van der Waals surface area contributed by atoms with Crippen LogP contribution in [0, 0.1) is 11.7 Å². The van der Waals surface area contributed by atoms with Crippen LogP contribution in [0.25, 0.3) is 0 Å². The molecule has 2 aromatic carbocycles. The molecular weight excluding hydrogens is 301 g/mol. The lowest BCUT2D eigenvalue weighted by atomic mass is 9.77. The molecule has 0 saturated heterocycles. The molecule has 1 aliphatic carbocycles. The van der Waals surface area contributed by atoms with E-state index in [0.717, 1.165) is 23.4 Å². The van der Waals surface area contributed by atoms with Gasteiger partial charge in [0.15, 0.2) is 0 Å². The lowest BCUT2D eigenvalue weighted by Crippen LogP contribution is -2.29. The Bertz CT molecular complexity index is 781. The number of halogens is 1. The quantitative estimate of drug-likeness (QED) is 0.780. The van der Waals surface area contributed by atoms with Crippen LogP contribution in [0.2, 0.25) is 0 Å². The average Bonchev–Trinajstić information content (AvgIpc) is 3.10. The topological polar surface area (TPSA) is 21.3 Å². The van der Waals surface area contributed by atoms with Crippen molar-refractivity contribution in [2.75, 3.05) is 11.9 Å². The molecular formula is C21H20FNO. The van der Waals surface area contributed by atoms with Crippen LogP contribution in [0.1, 0.15) is 29.5 Å². The highest BCUT2D eigenvalue weighted by atomic mass is 19.1. The van der Waals surface area contributed by atoms with Gasteiger partial charge < -0.3 is 10.1 Å². The number of hydrogen-bond donors (Lipinski definition) is 1. The fourth-order valence-electron chi connectivity index (χ4n) is 3.82. The second-order valence-corrected chi connectivity index (χ2v) is 6.38. The predicted octanol–water partition coefficient (Wildman–Crippen LogP) is 5.22. The van der Waals surface area contributed by atoms with Crippen molar-refractivity contribution in [1.29, 1.82) is 0 Å². The zero-order chi connectivity index (χ0) is 16.5. The smallest absolute Gasteiger partial charge is 0.123 e. The van der Waals surface area contributed by atoms with Crippen molar-refractivity contribution < 1.29 is 9.13 Å². The first kappa shape index (κ1) is 15.0. The first-order valence-electron chi connectivity index (χ1n) is 8.32. The maximum Gasteiger partial charge on any atom is 0.123 e. The summed E-state index contributed by atoms with van der Waals surface area (Å²) in [6.07, 6.45) is 7.18. The molecule has 0 amide bonds. The maximum atomic E-state index is 13.6. The van der Waals surface area contributed by atoms with Gasteiger partial charge in [-0.3, -0.25) is 0 Å². The molecule has 0 aromatic heterocycles. The van der Waals surface area contributed by atoms with Crippen LogP contribution in [0.15, 0.2) is 67.3 Å². The Morgan fingerprint density at radius 1 is 1.21 bits per heavy atom. The second-order valence-electron chi connectivity index (χ2n) is 6.38. The summed E-state index contributed by atoms with van der Waals surface area (Å²) < 4.78 is 19.2. The van der Waals surface area contributed by atoms with Crippen molar-refractivity contribution in [2.24, 2.45) is 5.92 Å². The number of rotatable bonds is 4. The Morgan fingerprint density at radius 2 is 2.04 bits per heavy atom. The molecule has 2 aromatic rings. The fraction of sp³-hybridized carbons (Fsp3) is 0.238. The molecule has 24 heavy (non-hydrogen) atoms. The minimum absolute atomic E-state index is 0.170. The van der Waals surface area contributed by atoms with E-state index in [1.165, 1.54) is 11.6 Å². The Hall–Kier alpha value is -2.55. The first-order valence-corrected chi connectivity index (χ1v) is 8.32. The van der Waals surface area contributed by atoms with E-state index >= 15 is 0 Å². The van der Waals surface area contributed by atoms with E-state index in [2.05, 4.69) is 36.2 Å². The fourth-order valence-corrected chi connectivity index (χ4v) is 3.82. The number of benzene rings is 2. The molecule has 0 fully saturated rings. The molecule has 0 bridgehead atoms. The van der Waals surface area contributed by atoms with E-state index in [-0.39, 0.29) is 17.8 Å². The molecule has 1 aliphatic heterocycles. The summed E-state index contributed by atoms with van der Waals surface area (Å²) in [6.45, 7) is 4.17. The number of allylic oxidation sites excluding steroid dienone is 2. The summed E-state index contributed by atoms with van der Waals surface area (Å²) >= 11 is 0. The number of nitrogens with one attached hydrogen (secondary N) is 1. The minimum atomic E-state index is -0.170. The zero-order valence-corrected chi connectivity index (χ0v) is 13.4. The third-order valence-electron chi connectivity index (χ3n) is 4.93. The molecule has 4 rings (SSSR count). The van der Waals surface area contributed by atoms with E-state index in [1.54, 1.807) is 12.1 Å². The van der Waals surface area contributed by atoms with E-state index in [0.29, 0.717) is 12.5 Å². The highest BCUT2D eigenvalue weighted by molar-refractivity contribution is 5.59. The van der Waals surface area contributed by atoms with Crippen LogP contribution in [-0.4, -0.2) is 6.61 Å². The summed E-state index contributed by atoms with van der Waals surface area (Å²) in [5, 5.41) is 3.61. The third-order valence-corrected chi connectivity index (χ3v) is 4.93. The van der Waals surface area contributed by atoms with Gasteiger partial charge in [0, 0.05) is 11.6 Å². The zero-order valence-electron chi connectivity index (χ0n) is 13.4. The van der Waals surface area contributed by atoms with Gasteiger partial charge in [-0.1, -0.05) is 36.9 Å². The predicted molar refractivity (Wildman–Crippen MR) is 94.9 cm³/mol. The Kier molecular flexibility index (Phi) is 3.85. The van der Waals surface area contributed by atoms with Gasteiger partial charge in [0.25, 0.3) is 0 Å². The molecule has 2 nitrogen and oxygen atoms in total. The molecule has 0 unspecified atom stereocenters. The summed E-state index contributed by atoms with van der Waals surface area (Å²) in [5.41, 5.74) is 3.33. The summed E-state index contributed by atoms with van der Waals surface area (Å²) in [7, 11) is 0. The highest BCUT2D eigenvalue weighted by Gasteiger charge is 2.37. The van der Waals surface area contributed by atoms with E-state index in [4.69, 9.17) is 4.74 Å². The number of ether oxygens (including phenoxy) is 1. The first-order chi connectivity index (χ1) is 11.8. The van der Waals surface area contributed by atoms with E-state index < -0.39 is 0 Å². The number of anilines is 1. The van der Waals surface area contributed by atoms with E-state index in [1.807, 2.05) is 18.2 Å². The standard InChI is InChI=1S/C21H20FNO/c1-2-12-24-16-9-6-14(7-10-16)21-18-5-3-4-17(18)19-13-15(22)8-11-20(19)23-21/h2-4,6-11,13,17-18,21,23H,1,5,12H2/t17-,18+,21+/m1/s1. The molecule has 3 heteroatoms. The molecule has 122 valence electrons. The lowest BCUT2D eigenvalue weighted by Gasteiger charge is -2.37. The van der Waals surface area contributed by atoms with Crippen molar-refractivity contribution in [2.45, 2.75) is 18.4 Å². The maximum absolute atomic E-state index is 13.6. The summed E-state index contributed by atoms with van der Waals surface area (Å²) in [4.78, 5) is 0. The molecule has 1 N–H and O–H groups in total. The summed E-state index contributed by atoms with van der Waals surface area (Å²) in [6, 6.07) is 13.5. The van der Waals surface area contributed by atoms with Crippen molar-refractivity contribution in [3.63, 3.8) is 0 Å². The van der Waals surface area contributed by atoms with Crippen molar-refractivity contribution in [1.82, 2.24) is 0 Å².